The van der Waals surface area contributed by atoms with Crippen LogP contribution < -0.4 is 0 Å². The summed E-state index contributed by atoms with van der Waals surface area (Å²) in [6.45, 7) is 0. The fourth-order valence-corrected chi connectivity index (χ4v) is 0. The number of nitro groups is 1. The minimum absolute atomic E-state index is 0.865. The Morgan fingerprint density at radius 1 is 1.71 bits per heavy atom. The number of rotatable bonds is 1. The van der Waals surface area contributed by atoms with Crippen LogP contribution in [0, 0.1) is 10.1 Å². The molecule has 0 aromatic carbocycles. The molecule has 0 amide bonds. The van der Waals surface area contributed by atoms with Gasteiger partial charge in [0.15, 0.2) is 0 Å². The Labute approximate surface area is 57.9 Å². The Balaban J connectivity index is 3.79. The fraction of sp³-hybridized carbons (Fsp3) is 1.00. The minimum atomic E-state index is -2.02. The minimum Gasteiger partial charge on any atom is -0.261 e. The summed E-state index contributed by atoms with van der Waals surface area (Å²) in [5.74, 6) is 0. The van der Waals surface area contributed by atoms with E-state index in [9.17, 15) is 10.1 Å². The topological polar surface area (TPSA) is 43.1 Å². The maximum atomic E-state index is 9.52. The lowest BCUT2D eigenvalue weighted by molar-refractivity contribution is -0.486. The van der Waals surface area contributed by atoms with Gasteiger partial charge in [0.25, 0.3) is 0 Å². The van der Waals surface area contributed by atoms with Crippen molar-refractivity contribution in [3.63, 3.8) is 0 Å². The van der Waals surface area contributed by atoms with Crippen molar-refractivity contribution in [1.82, 2.24) is 0 Å². The molecule has 3 nitrogen and oxygen atoms in total. The molecule has 7 heavy (non-hydrogen) atoms. The first kappa shape index (κ1) is 7.46. The van der Waals surface area contributed by atoms with E-state index in [1.165, 1.54) is 0 Å². The van der Waals surface area contributed by atoms with E-state index in [-0.39, 0.29) is 0 Å². The maximum Gasteiger partial charge on any atom is 0.425 e. The zero-order valence-electron chi connectivity index (χ0n) is 2.90. The van der Waals surface area contributed by atoms with Crippen LogP contribution in [-0.2, 0) is 0 Å². The number of halogens is 3. The van der Waals surface area contributed by atoms with Crippen molar-refractivity contribution in [2.75, 3.05) is 0 Å². The van der Waals surface area contributed by atoms with Crippen molar-refractivity contribution in [2.45, 2.75) is 3.37 Å². The smallest absolute Gasteiger partial charge is 0.261 e. The van der Waals surface area contributed by atoms with Crippen LogP contribution >= 0.6 is 39.1 Å². The van der Waals surface area contributed by atoms with Crippen molar-refractivity contribution in [3.05, 3.63) is 10.1 Å². The van der Waals surface area contributed by atoms with E-state index in [0.717, 1.165) is 0 Å². The van der Waals surface area contributed by atoms with Crippen LogP contribution in [0.2, 0.25) is 0 Å². The predicted molar refractivity (Wildman–Crippen MR) is 30.4 cm³/mol. The maximum absolute atomic E-state index is 9.52. The quantitative estimate of drug-likeness (QED) is 0.285. The van der Waals surface area contributed by atoms with Crippen molar-refractivity contribution in [2.24, 2.45) is 0 Å². The van der Waals surface area contributed by atoms with Crippen LogP contribution in [0.4, 0.5) is 0 Å². The normalized spacial score (nSPS) is 11.3. The van der Waals surface area contributed by atoms with Gasteiger partial charge in [-0.05, 0) is 23.2 Å². The monoisotopic (exact) mass is 207 g/mol. The molecule has 0 aliphatic rings. The van der Waals surface area contributed by atoms with Gasteiger partial charge in [0.1, 0.15) is 0 Å². The van der Waals surface area contributed by atoms with Crippen LogP contribution in [0.15, 0.2) is 0 Å². The molecule has 0 aromatic rings. The Kier molecular flexibility index (Phi) is 2.29. The standard InChI is InChI=1S/CBrCl2NO2/c2-1(3,4)5(6)7. The Bertz CT molecular complexity index is 88.2. The van der Waals surface area contributed by atoms with Gasteiger partial charge in [-0.1, -0.05) is 0 Å². The van der Waals surface area contributed by atoms with Gasteiger partial charge < -0.3 is 0 Å². The average Bonchev–Trinajstić information content (AvgIpc) is 1.31. The molecule has 0 aromatic heterocycles. The Morgan fingerprint density at radius 3 is 1.86 bits per heavy atom. The third-order valence-electron chi connectivity index (χ3n) is 0.207. The second-order valence-electron chi connectivity index (χ2n) is 0.725. The third kappa shape index (κ3) is 3.08. The van der Waals surface area contributed by atoms with E-state index < -0.39 is 8.29 Å². The van der Waals surface area contributed by atoms with Gasteiger partial charge in [0.2, 0.25) is 0 Å². The molecule has 0 fully saturated rings. The molecule has 0 unspecified atom stereocenters. The van der Waals surface area contributed by atoms with E-state index in [1.807, 2.05) is 0 Å². The van der Waals surface area contributed by atoms with Crippen LogP contribution in [0.1, 0.15) is 0 Å². The molecule has 0 saturated heterocycles. The molecule has 0 aliphatic heterocycles. The van der Waals surface area contributed by atoms with E-state index in [2.05, 4.69) is 15.9 Å². The summed E-state index contributed by atoms with van der Waals surface area (Å²) in [4.78, 5) is 8.65. The highest BCUT2D eigenvalue weighted by Gasteiger charge is 2.32. The number of hydrogen-bond donors (Lipinski definition) is 0. The first-order valence-corrected chi connectivity index (χ1v) is 2.70. The summed E-state index contributed by atoms with van der Waals surface area (Å²) in [5.41, 5.74) is 0. The van der Waals surface area contributed by atoms with Gasteiger partial charge in [-0.2, -0.15) is 0 Å². The average molecular weight is 209 g/mol. The van der Waals surface area contributed by atoms with Gasteiger partial charge in [0.05, 0.1) is 4.92 Å². The summed E-state index contributed by atoms with van der Waals surface area (Å²) in [5, 5.41) is 9.52. The van der Waals surface area contributed by atoms with Gasteiger partial charge in [-0.15, -0.1) is 0 Å². The zero-order valence-corrected chi connectivity index (χ0v) is 6.00. The SMILES string of the molecule is O=[N+]([O-])C(Cl)(Cl)Br. The van der Waals surface area contributed by atoms with E-state index in [1.54, 1.807) is 0 Å². The molecular weight excluding hydrogens is 209 g/mol. The molecule has 0 saturated carbocycles. The van der Waals surface area contributed by atoms with E-state index in [4.69, 9.17) is 23.2 Å². The molecule has 6 heteroatoms. The first-order valence-electron chi connectivity index (χ1n) is 1.16. The zero-order chi connectivity index (χ0) is 6.08. The van der Waals surface area contributed by atoms with Crippen molar-refractivity contribution in [1.29, 1.82) is 0 Å². The molecule has 0 atom stereocenters. The molecular formula is CBrCl2NO2. The molecule has 0 N–H and O–H groups in total. The number of alkyl halides is 3. The van der Waals surface area contributed by atoms with Gasteiger partial charge in [-0.25, -0.2) is 0 Å². The van der Waals surface area contributed by atoms with Crippen molar-refractivity contribution in [3.8, 4) is 0 Å². The summed E-state index contributed by atoms with van der Waals surface area (Å²) in [6.07, 6.45) is 0. The highest BCUT2D eigenvalue weighted by molar-refractivity contribution is 9.10. The highest BCUT2D eigenvalue weighted by atomic mass is 79.9. The Hall–Kier alpha value is 0.460. The summed E-state index contributed by atoms with van der Waals surface area (Å²) in [7, 11) is 0. The van der Waals surface area contributed by atoms with Crippen LogP contribution in [0.25, 0.3) is 0 Å². The van der Waals surface area contributed by atoms with E-state index >= 15 is 0 Å². The van der Waals surface area contributed by atoms with E-state index in [0.29, 0.717) is 0 Å². The second-order valence-corrected chi connectivity index (χ2v) is 4.07. The van der Waals surface area contributed by atoms with Crippen molar-refractivity contribution < 1.29 is 4.92 Å². The summed E-state index contributed by atoms with van der Waals surface area (Å²) < 4.78 is -2.02. The lowest BCUT2D eigenvalue weighted by Crippen LogP contribution is -2.14. The second kappa shape index (κ2) is 2.15. The number of nitrogens with zero attached hydrogens (tertiary/aromatic N) is 1. The third-order valence-corrected chi connectivity index (χ3v) is 0.773. The predicted octanol–water partition coefficient (Wildman–Crippen LogP) is 1.75. The first-order chi connectivity index (χ1) is 2.94. The van der Waals surface area contributed by atoms with Gasteiger partial charge in [0, 0.05) is 15.9 Å². The lowest BCUT2D eigenvalue weighted by Gasteiger charge is -1.96. The molecule has 0 heterocycles. The molecule has 0 radical (unpaired) electrons. The molecule has 42 valence electrons. The molecule has 0 bridgehead atoms. The van der Waals surface area contributed by atoms with Gasteiger partial charge in [-0.3, -0.25) is 10.1 Å². The van der Waals surface area contributed by atoms with Gasteiger partial charge >= 0.3 is 3.37 Å². The number of hydrogen-bond acceptors (Lipinski definition) is 2. The van der Waals surface area contributed by atoms with Crippen molar-refractivity contribution >= 4 is 39.1 Å². The highest BCUT2D eigenvalue weighted by Crippen LogP contribution is 2.28. The van der Waals surface area contributed by atoms with Crippen LogP contribution in [-0.4, -0.2) is 8.29 Å². The molecule has 0 rings (SSSR count). The lowest BCUT2D eigenvalue weighted by atomic mass is 11.5. The molecule has 0 aliphatic carbocycles. The molecule has 0 spiro atoms. The largest absolute Gasteiger partial charge is 0.425 e. The Morgan fingerprint density at radius 2 is 1.86 bits per heavy atom. The van der Waals surface area contributed by atoms with Crippen LogP contribution in [0.5, 0.6) is 0 Å². The summed E-state index contributed by atoms with van der Waals surface area (Å²) >= 11 is 12.1. The van der Waals surface area contributed by atoms with Crippen LogP contribution in [0.3, 0.4) is 0 Å². The summed E-state index contributed by atoms with van der Waals surface area (Å²) in [6, 6.07) is 0. The fourth-order valence-electron chi connectivity index (χ4n) is 0.